The van der Waals surface area contributed by atoms with E-state index in [2.05, 4.69) is 89.4 Å². The zero-order chi connectivity index (χ0) is 45.9. The smallest absolute Gasteiger partial charge is 0.330 e. The minimum atomic E-state index is -2.69. The first-order valence-electron chi connectivity index (χ1n) is 21.8. The molecule has 3 aromatic carbocycles. The standard InChI is InChI=1S/C48H65N4O9PSi/c1-32(2)52(33(3)4)62(57-30-16-29-49)61-47-28-27-40(41(47)58-44(42(47)60-63(11,12)46(6,7)8)51-31-34(5)43(53)50-45(51)54)59-48(35-17-14-13-15-18-35,36-19-23-38(55-9)24-20-36)37-21-25-39(56-10)26-22-37/h13-15,17-26,31-33,40-42,44H,16,27-28,30H2,1-12H3,(H,50,53,54)/t40-,41-,42+,44-,47-,62?/m1/s1. The maximum atomic E-state index is 14.0. The molecule has 6 atom stereocenters. The number of nitriles is 1. The SMILES string of the molecule is COc1ccc(C(O[C@@H]2CC[C@@]3(OP(OCCC#N)N(C(C)C)C(C)C)[C@@H]2O[C@@H](n2cc(C)c(=O)[nH]c2=O)[C@@H]3O[Si](C)(C)C(C)(C)C)(c2ccccc2)c2ccc(OC)cc2)cc1. The lowest BCUT2D eigenvalue weighted by Crippen LogP contribution is -2.56. The zero-order valence-corrected chi connectivity index (χ0v) is 40.7. The summed E-state index contributed by atoms with van der Waals surface area (Å²) in [5.74, 6) is 1.39. The van der Waals surface area contributed by atoms with Crippen molar-refractivity contribution in [2.24, 2.45) is 0 Å². The van der Waals surface area contributed by atoms with Crippen molar-refractivity contribution in [2.45, 2.75) is 141 Å². The van der Waals surface area contributed by atoms with Crippen molar-refractivity contribution < 1.29 is 32.4 Å². The van der Waals surface area contributed by atoms with Crippen molar-refractivity contribution in [2.75, 3.05) is 20.8 Å². The Hall–Kier alpha value is -4.16. The first-order chi connectivity index (χ1) is 29.8. The average Bonchev–Trinajstić information content (AvgIpc) is 3.73. The number of methoxy groups -OCH3 is 2. The number of aryl methyl sites for hydroxylation is 1. The molecule has 1 saturated heterocycles. The van der Waals surface area contributed by atoms with Crippen LogP contribution in [0.1, 0.15) is 96.2 Å². The number of aromatic amines is 1. The van der Waals surface area contributed by atoms with Gasteiger partial charge in [0.1, 0.15) is 34.9 Å². The zero-order valence-electron chi connectivity index (χ0n) is 38.8. The highest BCUT2D eigenvalue weighted by Gasteiger charge is 2.68. The van der Waals surface area contributed by atoms with E-state index in [1.807, 2.05) is 66.7 Å². The van der Waals surface area contributed by atoms with Crippen LogP contribution < -0.4 is 20.7 Å². The third-order valence-electron chi connectivity index (χ3n) is 12.7. The summed E-state index contributed by atoms with van der Waals surface area (Å²) >= 11 is 0. The predicted molar refractivity (Wildman–Crippen MR) is 247 cm³/mol. The molecule has 13 nitrogen and oxygen atoms in total. The Morgan fingerprint density at radius 1 is 0.921 bits per heavy atom. The van der Waals surface area contributed by atoms with Crippen LogP contribution in [0.3, 0.4) is 0 Å². The molecular weight excluding hydrogens is 836 g/mol. The van der Waals surface area contributed by atoms with Crippen LogP contribution in [0, 0.1) is 18.3 Å². The number of aromatic nitrogens is 2. The molecule has 6 rings (SSSR count). The summed E-state index contributed by atoms with van der Waals surface area (Å²) in [5.41, 5.74) is -0.642. The number of benzene rings is 3. The summed E-state index contributed by atoms with van der Waals surface area (Å²) in [6.07, 6.45) is -0.772. The topological polar surface area (TPSA) is 146 Å². The van der Waals surface area contributed by atoms with E-state index in [-0.39, 0.29) is 30.1 Å². The van der Waals surface area contributed by atoms with Crippen LogP contribution in [0.15, 0.2) is 94.6 Å². The van der Waals surface area contributed by atoms with Crippen LogP contribution in [0.4, 0.5) is 0 Å². The number of rotatable bonds is 18. The third-order valence-corrected chi connectivity index (χ3v) is 19.4. The van der Waals surface area contributed by atoms with Gasteiger partial charge in [0, 0.05) is 23.8 Å². The second kappa shape index (κ2) is 19.5. The Morgan fingerprint density at radius 3 is 1.98 bits per heavy atom. The van der Waals surface area contributed by atoms with Crippen LogP contribution in [0.25, 0.3) is 0 Å². The van der Waals surface area contributed by atoms with E-state index in [9.17, 15) is 14.9 Å². The number of hydrogen-bond donors (Lipinski definition) is 1. The maximum Gasteiger partial charge on any atom is 0.330 e. The summed E-state index contributed by atoms with van der Waals surface area (Å²) in [6, 6.07) is 28.1. The van der Waals surface area contributed by atoms with Crippen molar-refractivity contribution in [3.05, 3.63) is 128 Å². The largest absolute Gasteiger partial charge is 0.497 e. The number of hydrogen-bond acceptors (Lipinski definition) is 11. The van der Waals surface area contributed by atoms with Gasteiger partial charge in [-0.05, 0) is 107 Å². The minimum Gasteiger partial charge on any atom is -0.497 e. The van der Waals surface area contributed by atoms with Crippen molar-refractivity contribution in [1.82, 2.24) is 14.2 Å². The van der Waals surface area contributed by atoms with Gasteiger partial charge in [-0.2, -0.15) is 5.26 Å². The monoisotopic (exact) mass is 900 g/mol. The van der Waals surface area contributed by atoms with Gasteiger partial charge >= 0.3 is 5.69 Å². The van der Waals surface area contributed by atoms with Crippen LogP contribution in [-0.4, -0.2) is 79.4 Å². The fourth-order valence-electron chi connectivity index (χ4n) is 8.54. The molecule has 1 aliphatic heterocycles. The van der Waals surface area contributed by atoms with Gasteiger partial charge in [0.2, 0.25) is 0 Å². The van der Waals surface area contributed by atoms with E-state index in [0.717, 1.165) is 16.7 Å². The molecule has 2 aliphatic rings. The predicted octanol–water partition coefficient (Wildman–Crippen LogP) is 9.35. The Balaban J connectivity index is 1.62. The molecule has 1 saturated carbocycles. The van der Waals surface area contributed by atoms with E-state index < -0.39 is 63.8 Å². The van der Waals surface area contributed by atoms with Crippen LogP contribution in [-0.2, 0) is 28.5 Å². The number of fused-ring (bicyclic) bond motifs is 1. The molecule has 1 N–H and O–H groups in total. The van der Waals surface area contributed by atoms with Crippen LogP contribution >= 0.6 is 8.53 Å². The Bertz CT molecular complexity index is 2250. The summed E-state index contributed by atoms with van der Waals surface area (Å²) in [6.45, 7) is 21.0. The van der Waals surface area contributed by atoms with Crippen molar-refractivity contribution >= 4 is 16.8 Å². The van der Waals surface area contributed by atoms with Gasteiger partial charge in [0.15, 0.2) is 14.5 Å². The fraction of sp³-hybridized carbons (Fsp3) is 0.521. The van der Waals surface area contributed by atoms with E-state index in [4.69, 9.17) is 32.4 Å². The summed E-state index contributed by atoms with van der Waals surface area (Å²) in [5, 5.41) is 9.37. The van der Waals surface area contributed by atoms with Gasteiger partial charge in [-0.15, -0.1) is 0 Å². The van der Waals surface area contributed by atoms with Gasteiger partial charge in [-0.3, -0.25) is 14.3 Å². The number of nitrogens with zero attached hydrogens (tertiary/aromatic N) is 3. The van der Waals surface area contributed by atoms with Gasteiger partial charge in [0.05, 0.1) is 39.4 Å². The molecule has 0 amide bonds. The molecule has 2 fully saturated rings. The van der Waals surface area contributed by atoms with E-state index in [0.29, 0.717) is 29.9 Å². The summed E-state index contributed by atoms with van der Waals surface area (Å²) < 4.78 is 51.8. The first kappa shape index (κ1) is 48.3. The minimum absolute atomic E-state index is 0.000262. The second-order valence-corrected chi connectivity index (χ2v) is 24.7. The Morgan fingerprint density at radius 2 is 1.48 bits per heavy atom. The lowest BCUT2D eigenvalue weighted by atomic mass is 9.79. The molecular formula is C48H65N4O9PSi. The Labute approximate surface area is 374 Å². The molecule has 340 valence electrons. The molecule has 0 spiro atoms. The summed E-state index contributed by atoms with van der Waals surface area (Å²) in [7, 11) is -1.27. The van der Waals surface area contributed by atoms with E-state index in [1.54, 1.807) is 27.3 Å². The van der Waals surface area contributed by atoms with E-state index >= 15 is 0 Å². The average molecular weight is 901 g/mol. The van der Waals surface area contributed by atoms with E-state index in [1.165, 1.54) is 4.57 Å². The lowest BCUT2D eigenvalue weighted by Gasteiger charge is -2.46. The quantitative estimate of drug-likeness (QED) is 0.0441. The highest BCUT2D eigenvalue weighted by Crippen LogP contribution is 2.61. The van der Waals surface area contributed by atoms with Crippen molar-refractivity contribution in [1.29, 1.82) is 5.26 Å². The van der Waals surface area contributed by atoms with Crippen molar-refractivity contribution in [3.8, 4) is 17.6 Å². The van der Waals surface area contributed by atoms with Gasteiger partial charge in [0.25, 0.3) is 14.1 Å². The molecule has 15 heteroatoms. The molecule has 4 aromatic rings. The first-order valence-corrected chi connectivity index (χ1v) is 25.8. The van der Waals surface area contributed by atoms with Gasteiger partial charge in [-0.1, -0.05) is 75.4 Å². The van der Waals surface area contributed by atoms with Gasteiger partial charge in [-0.25, -0.2) is 9.46 Å². The fourth-order valence-corrected chi connectivity index (χ4v) is 11.7. The molecule has 2 heterocycles. The number of nitrogens with one attached hydrogen (secondary N) is 1. The molecule has 0 radical (unpaired) electrons. The summed E-state index contributed by atoms with van der Waals surface area (Å²) in [4.78, 5) is 29.3. The van der Waals surface area contributed by atoms with Gasteiger partial charge < -0.3 is 32.4 Å². The molecule has 1 aromatic heterocycles. The molecule has 63 heavy (non-hydrogen) atoms. The normalized spacial score (nSPS) is 22.1. The number of ether oxygens (including phenoxy) is 4. The highest BCUT2D eigenvalue weighted by atomic mass is 31.2. The van der Waals surface area contributed by atoms with Crippen LogP contribution in [0.2, 0.25) is 18.1 Å². The molecule has 0 bridgehead atoms. The number of H-pyrrole nitrogens is 1. The van der Waals surface area contributed by atoms with Crippen LogP contribution in [0.5, 0.6) is 11.5 Å². The third kappa shape index (κ3) is 9.63. The highest BCUT2D eigenvalue weighted by molar-refractivity contribution is 7.44. The second-order valence-electron chi connectivity index (χ2n) is 18.5. The lowest BCUT2D eigenvalue weighted by molar-refractivity contribution is -0.136. The Kier molecular flexibility index (Phi) is 15.0. The molecule has 1 unspecified atom stereocenters. The van der Waals surface area contributed by atoms with Crippen molar-refractivity contribution in [3.63, 3.8) is 0 Å². The maximum absolute atomic E-state index is 14.0. The molecule has 1 aliphatic carbocycles.